The number of benzene rings is 2. The van der Waals surface area contributed by atoms with E-state index in [1.807, 2.05) is 48.3 Å². The van der Waals surface area contributed by atoms with Crippen molar-refractivity contribution >= 4 is 16.8 Å². The maximum atomic E-state index is 13.3. The number of amides is 1. The molecule has 5 nitrogen and oxygen atoms in total. The quantitative estimate of drug-likeness (QED) is 0.556. The van der Waals surface area contributed by atoms with Crippen LogP contribution >= 0.6 is 0 Å². The SMILES string of the molecule is Cn1ccnc1[C@H](NC(=O)CCn1ccc2ccccc21)c1ccc(F)cc1. The summed E-state index contributed by atoms with van der Waals surface area (Å²) in [5.41, 5.74) is 1.89. The molecule has 2 heterocycles. The average molecular weight is 376 g/mol. The fraction of sp³-hybridized carbons (Fsp3) is 0.182. The van der Waals surface area contributed by atoms with E-state index < -0.39 is 6.04 Å². The molecule has 2 aromatic heterocycles. The van der Waals surface area contributed by atoms with Gasteiger partial charge in [0.1, 0.15) is 17.7 Å². The van der Waals surface area contributed by atoms with Crippen molar-refractivity contribution in [1.82, 2.24) is 19.4 Å². The Balaban J connectivity index is 1.51. The molecule has 142 valence electrons. The minimum atomic E-state index is -0.436. The molecule has 0 saturated carbocycles. The molecular formula is C22H21FN4O. The number of nitrogens with one attached hydrogen (secondary N) is 1. The van der Waals surface area contributed by atoms with E-state index in [1.54, 1.807) is 18.3 Å². The summed E-state index contributed by atoms with van der Waals surface area (Å²) in [7, 11) is 1.87. The van der Waals surface area contributed by atoms with Crippen LogP contribution in [0.2, 0.25) is 0 Å². The minimum Gasteiger partial charge on any atom is -0.347 e. The number of rotatable bonds is 6. The molecule has 1 atom stereocenters. The van der Waals surface area contributed by atoms with Gasteiger partial charge in [-0.1, -0.05) is 30.3 Å². The molecule has 0 bridgehead atoms. The van der Waals surface area contributed by atoms with Crippen LogP contribution in [-0.4, -0.2) is 20.0 Å². The van der Waals surface area contributed by atoms with Crippen molar-refractivity contribution in [2.75, 3.05) is 0 Å². The standard InChI is InChI=1S/C22H21FN4O/c1-26-15-12-24-22(26)21(17-6-8-18(23)9-7-17)25-20(28)11-14-27-13-10-16-4-2-3-5-19(16)27/h2-10,12-13,15,21H,11,14H2,1H3,(H,25,28)/t21-/m1/s1. The lowest BCUT2D eigenvalue weighted by Gasteiger charge is -2.19. The van der Waals surface area contributed by atoms with E-state index in [2.05, 4.69) is 20.9 Å². The second-order valence-corrected chi connectivity index (χ2v) is 6.77. The van der Waals surface area contributed by atoms with Crippen molar-refractivity contribution in [3.63, 3.8) is 0 Å². The molecule has 1 N–H and O–H groups in total. The number of nitrogens with zero attached hydrogens (tertiary/aromatic N) is 3. The van der Waals surface area contributed by atoms with Gasteiger partial charge in [-0.2, -0.15) is 0 Å². The van der Waals surface area contributed by atoms with E-state index in [1.165, 1.54) is 12.1 Å². The molecule has 0 aliphatic rings. The number of halogens is 1. The molecular weight excluding hydrogens is 355 g/mol. The Morgan fingerprint density at radius 3 is 2.64 bits per heavy atom. The van der Waals surface area contributed by atoms with E-state index in [4.69, 9.17) is 0 Å². The Hall–Kier alpha value is -3.41. The van der Waals surface area contributed by atoms with Gasteiger partial charge in [-0.3, -0.25) is 4.79 Å². The van der Waals surface area contributed by atoms with Gasteiger partial charge in [-0.25, -0.2) is 9.37 Å². The lowest BCUT2D eigenvalue weighted by molar-refractivity contribution is -0.121. The molecule has 0 fully saturated rings. The Bertz CT molecular complexity index is 1100. The van der Waals surface area contributed by atoms with Crippen molar-refractivity contribution < 1.29 is 9.18 Å². The highest BCUT2D eigenvalue weighted by atomic mass is 19.1. The molecule has 0 unspecified atom stereocenters. The fourth-order valence-electron chi connectivity index (χ4n) is 3.40. The van der Waals surface area contributed by atoms with E-state index in [0.717, 1.165) is 16.5 Å². The average Bonchev–Trinajstić information content (AvgIpc) is 3.31. The number of fused-ring (bicyclic) bond motifs is 1. The predicted molar refractivity (Wildman–Crippen MR) is 106 cm³/mol. The van der Waals surface area contributed by atoms with Crippen molar-refractivity contribution in [2.45, 2.75) is 19.0 Å². The Kier molecular flexibility index (Phi) is 4.93. The second kappa shape index (κ2) is 7.68. The van der Waals surface area contributed by atoms with Gasteiger partial charge in [0.05, 0.1) is 0 Å². The van der Waals surface area contributed by atoms with Crippen LogP contribution in [-0.2, 0) is 18.4 Å². The van der Waals surface area contributed by atoms with Crippen LogP contribution in [0, 0.1) is 5.82 Å². The third-order valence-corrected chi connectivity index (χ3v) is 4.89. The number of aromatic nitrogens is 3. The summed E-state index contributed by atoms with van der Waals surface area (Å²) in [5, 5.41) is 4.20. The number of imidazole rings is 1. The van der Waals surface area contributed by atoms with E-state index in [0.29, 0.717) is 18.8 Å². The first-order valence-electron chi connectivity index (χ1n) is 9.18. The maximum absolute atomic E-state index is 13.3. The van der Waals surface area contributed by atoms with E-state index in [9.17, 15) is 9.18 Å². The van der Waals surface area contributed by atoms with Crippen LogP contribution in [0.4, 0.5) is 4.39 Å². The van der Waals surface area contributed by atoms with Crippen molar-refractivity contribution in [3.8, 4) is 0 Å². The summed E-state index contributed by atoms with van der Waals surface area (Å²) in [6, 6.07) is 15.8. The zero-order valence-electron chi connectivity index (χ0n) is 15.5. The van der Waals surface area contributed by atoms with Crippen LogP contribution in [0.1, 0.15) is 23.9 Å². The molecule has 0 spiro atoms. The molecule has 0 radical (unpaired) electrons. The van der Waals surface area contributed by atoms with Crippen LogP contribution in [0.3, 0.4) is 0 Å². The zero-order valence-corrected chi connectivity index (χ0v) is 15.5. The van der Waals surface area contributed by atoms with E-state index >= 15 is 0 Å². The van der Waals surface area contributed by atoms with Crippen LogP contribution < -0.4 is 5.32 Å². The molecule has 2 aromatic carbocycles. The second-order valence-electron chi connectivity index (χ2n) is 6.77. The van der Waals surface area contributed by atoms with Gasteiger partial charge in [0.25, 0.3) is 0 Å². The summed E-state index contributed by atoms with van der Waals surface area (Å²) < 4.78 is 17.3. The Morgan fingerprint density at radius 2 is 1.89 bits per heavy atom. The van der Waals surface area contributed by atoms with Crippen LogP contribution in [0.15, 0.2) is 73.2 Å². The maximum Gasteiger partial charge on any atom is 0.222 e. The number of carbonyl (C=O) groups excluding carboxylic acids is 1. The van der Waals surface area contributed by atoms with Gasteiger partial charge in [0, 0.05) is 44.1 Å². The van der Waals surface area contributed by atoms with Gasteiger partial charge in [0.2, 0.25) is 5.91 Å². The fourth-order valence-corrected chi connectivity index (χ4v) is 3.40. The normalized spacial score (nSPS) is 12.2. The van der Waals surface area contributed by atoms with Gasteiger partial charge in [-0.15, -0.1) is 0 Å². The van der Waals surface area contributed by atoms with Gasteiger partial charge in [0.15, 0.2) is 0 Å². The third-order valence-electron chi connectivity index (χ3n) is 4.89. The number of hydrogen-bond donors (Lipinski definition) is 1. The number of aryl methyl sites for hydroxylation is 2. The first-order chi connectivity index (χ1) is 13.6. The largest absolute Gasteiger partial charge is 0.347 e. The van der Waals surface area contributed by atoms with Crippen LogP contribution in [0.5, 0.6) is 0 Å². The Labute approximate surface area is 162 Å². The number of para-hydroxylation sites is 1. The number of hydrogen-bond acceptors (Lipinski definition) is 2. The highest BCUT2D eigenvalue weighted by molar-refractivity contribution is 5.80. The van der Waals surface area contributed by atoms with Gasteiger partial charge >= 0.3 is 0 Å². The molecule has 0 aliphatic heterocycles. The zero-order chi connectivity index (χ0) is 19.5. The van der Waals surface area contributed by atoms with Crippen LogP contribution in [0.25, 0.3) is 10.9 Å². The van der Waals surface area contributed by atoms with Crippen molar-refractivity contribution in [1.29, 1.82) is 0 Å². The molecule has 4 rings (SSSR count). The summed E-state index contributed by atoms with van der Waals surface area (Å²) in [4.78, 5) is 17.1. The first kappa shape index (κ1) is 18.0. The molecule has 28 heavy (non-hydrogen) atoms. The lowest BCUT2D eigenvalue weighted by atomic mass is 10.1. The monoisotopic (exact) mass is 376 g/mol. The predicted octanol–water partition coefficient (Wildman–Crippen LogP) is 3.81. The van der Waals surface area contributed by atoms with Gasteiger partial charge in [-0.05, 0) is 35.2 Å². The summed E-state index contributed by atoms with van der Waals surface area (Å²) in [5.74, 6) is 0.301. The molecule has 0 aliphatic carbocycles. The highest BCUT2D eigenvalue weighted by Crippen LogP contribution is 2.21. The number of carbonyl (C=O) groups is 1. The third kappa shape index (κ3) is 3.67. The lowest BCUT2D eigenvalue weighted by Crippen LogP contribution is -2.31. The minimum absolute atomic E-state index is 0.0879. The van der Waals surface area contributed by atoms with E-state index in [-0.39, 0.29) is 11.7 Å². The molecule has 6 heteroatoms. The topological polar surface area (TPSA) is 51.9 Å². The first-order valence-corrected chi connectivity index (χ1v) is 9.18. The summed E-state index contributed by atoms with van der Waals surface area (Å²) in [6.07, 6.45) is 5.84. The summed E-state index contributed by atoms with van der Waals surface area (Å²) in [6.45, 7) is 0.579. The van der Waals surface area contributed by atoms with Gasteiger partial charge < -0.3 is 14.5 Å². The highest BCUT2D eigenvalue weighted by Gasteiger charge is 2.20. The van der Waals surface area contributed by atoms with Crippen molar-refractivity contribution in [3.05, 3.63) is 90.4 Å². The van der Waals surface area contributed by atoms with Crippen molar-refractivity contribution in [2.24, 2.45) is 7.05 Å². The molecule has 4 aromatic rings. The molecule has 1 amide bonds. The smallest absolute Gasteiger partial charge is 0.222 e. The molecule has 0 saturated heterocycles. The Morgan fingerprint density at radius 1 is 1.11 bits per heavy atom. The summed E-state index contributed by atoms with van der Waals surface area (Å²) >= 11 is 0.